The standard InChI is InChI=1S/C19H27N3O3S/c1-12(2)9-10-13(3)20-16(23)14-7-5-6-8-15(14)26-11-19(4)17(24)21-18(25)22-19/h5-8,12-13H,9-11H2,1-4H3,(H,20,23)(H2,21,22,24,25)/t13-,19-/m1/s1. The van der Waals surface area contributed by atoms with Gasteiger partial charge in [0.1, 0.15) is 5.54 Å². The SMILES string of the molecule is CC(C)CC[C@@H](C)NC(=O)c1ccccc1SC[C@@]1(C)NC(=O)NC1=O. The van der Waals surface area contributed by atoms with Gasteiger partial charge in [0.15, 0.2) is 0 Å². The van der Waals surface area contributed by atoms with E-state index in [1.807, 2.05) is 25.1 Å². The van der Waals surface area contributed by atoms with Crippen molar-refractivity contribution >= 4 is 29.6 Å². The van der Waals surface area contributed by atoms with Gasteiger partial charge in [-0.05, 0) is 44.7 Å². The van der Waals surface area contributed by atoms with Gasteiger partial charge in [0.2, 0.25) is 0 Å². The van der Waals surface area contributed by atoms with Crippen molar-refractivity contribution < 1.29 is 14.4 Å². The molecule has 4 amide bonds. The molecule has 1 aliphatic rings. The van der Waals surface area contributed by atoms with Crippen molar-refractivity contribution in [3.8, 4) is 0 Å². The van der Waals surface area contributed by atoms with E-state index in [1.165, 1.54) is 11.8 Å². The number of benzene rings is 1. The molecule has 0 aromatic heterocycles. The third-order valence-electron chi connectivity index (χ3n) is 4.32. The lowest BCUT2D eigenvalue weighted by molar-refractivity contribution is -0.122. The predicted molar refractivity (Wildman–Crippen MR) is 103 cm³/mol. The number of imide groups is 1. The number of thioether (sulfide) groups is 1. The number of rotatable bonds is 8. The Bertz CT molecular complexity index is 692. The van der Waals surface area contributed by atoms with Gasteiger partial charge in [-0.2, -0.15) is 0 Å². The molecule has 2 rings (SSSR count). The van der Waals surface area contributed by atoms with Gasteiger partial charge in [-0.3, -0.25) is 14.9 Å². The molecule has 6 nitrogen and oxygen atoms in total. The Kier molecular flexibility index (Phi) is 6.69. The van der Waals surface area contributed by atoms with Crippen molar-refractivity contribution in [3.05, 3.63) is 29.8 Å². The number of hydrogen-bond acceptors (Lipinski definition) is 4. The van der Waals surface area contributed by atoms with E-state index in [2.05, 4.69) is 29.8 Å². The lowest BCUT2D eigenvalue weighted by Gasteiger charge is -2.21. The van der Waals surface area contributed by atoms with Crippen LogP contribution in [0.1, 0.15) is 50.9 Å². The zero-order chi connectivity index (χ0) is 19.3. The van der Waals surface area contributed by atoms with E-state index in [0.29, 0.717) is 17.2 Å². The summed E-state index contributed by atoms with van der Waals surface area (Å²) in [5, 5.41) is 7.93. The number of hydrogen-bond donors (Lipinski definition) is 3. The fourth-order valence-electron chi connectivity index (χ4n) is 2.64. The summed E-state index contributed by atoms with van der Waals surface area (Å²) in [6, 6.07) is 6.93. The maximum Gasteiger partial charge on any atom is 0.322 e. The van der Waals surface area contributed by atoms with Crippen LogP contribution in [0.15, 0.2) is 29.2 Å². The fourth-order valence-corrected chi connectivity index (χ4v) is 3.78. The van der Waals surface area contributed by atoms with Crippen LogP contribution in [0.2, 0.25) is 0 Å². The lowest BCUT2D eigenvalue weighted by Crippen LogP contribution is -2.46. The second-order valence-electron chi connectivity index (χ2n) is 7.37. The Balaban J connectivity index is 2.02. The van der Waals surface area contributed by atoms with Gasteiger partial charge in [-0.25, -0.2) is 4.79 Å². The van der Waals surface area contributed by atoms with Crippen LogP contribution >= 0.6 is 11.8 Å². The van der Waals surface area contributed by atoms with E-state index in [1.54, 1.807) is 13.0 Å². The van der Waals surface area contributed by atoms with Crippen molar-refractivity contribution in [1.82, 2.24) is 16.0 Å². The minimum Gasteiger partial charge on any atom is -0.350 e. The van der Waals surface area contributed by atoms with Crippen LogP contribution in [-0.4, -0.2) is 35.2 Å². The third-order valence-corrected chi connectivity index (χ3v) is 5.71. The first-order valence-corrected chi connectivity index (χ1v) is 9.86. The molecule has 1 aromatic carbocycles. The molecule has 2 atom stereocenters. The molecule has 0 unspecified atom stereocenters. The molecule has 1 aliphatic heterocycles. The molecule has 1 saturated heterocycles. The summed E-state index contributed by atoms with van der Waals surface area (Å²) in [7, 11) is 0. The van der Waals surface area contributed by atoms with Gasteiger partial charge >= 0.3 is 6.03 Å². The number of carbonyl (C=O) groups excluding carboxylic acids is 3. The Labute approximate surface area is 158 Å². The number of urea groups is 1. The van der Waals surface area contributed by atoms with Crippen LogP contribution in [0.3, 0.4) is 0 Å². The second kappa shape index (κ2) is 8.58. The van der Waals surface area contributed by atoms with Crippen LogP contribution in [0.4, 0.5) is 4.79 Å². The van der Waals surface area contributed by atoms with Gasteiger partial charge in [-0.1, -0.05) is 26.0 Å². The van der Waals surface area contributed by atoms with E-state index in [4.69, 9.17) is 0 Å². The van der Waals surface area contributed by atoms with Crippen molar-refractivity contribution in [1.29, 1.82) is 0 Å². The summed E-state index contributed by atoms with van der Waals surface area (Å²) in [4.78, 5) is 36.7. The van der Waals surface area contributed by atoms with Gasteiger partial charge in [0.25, 0.3) is 11.8 Å². The Morgan fingerprint density at radius 3 is 2.50 bits per heavy atom. The molecule has 0 bridgehead atoms. The van der Waals surface area contributed by atoms with E-state index in [-0.39, 0.29) is 17.9 Å². The molecule has 1 fully saturated rings. The molecule has 0 aliphatic carbocycles. The van der Waals surface area contributed by atoms with Gasteiger partial charge in [0.05, 0.1) is 5.56 Å². The number of nitrogens with one attached hydrogen (secondary N) is 3. The molecular formula is C19H27N3O3S. The van der Waals surface area contributed by atoms with Gasteiger partial charge in [-0.15, -0.1) is 11.8 Å². The first-order valence-electron chi connectivity index (χ1n) is 8.87. The van der Waals surface area contributed by atoms with Crippen molar-refractivity contribution in [3.63, 3.8) is 0 Å². The molecule has 1 heterocycles. The third kappa shape index (κ3) is 5.24. The molecular weight excluding hydrogens is 350 g/mol. The summed E-state index contributed by atoms with van der Waals surface area (Å²) < 4.78 is 0. The molecule has 3 N–H and O–H groups in total. The normalized spacial score (nSPS) is 20.7. The molecule has 1 aromatic rings. The fraction of sp³-hybridized carbons (Fsp3) is 0.526. The predicted octanol–water partition coefficient (Wildman–Crippen LogP) is 2.93. The van der Waals surface area contributed by atoms with Crippen LogP contribution in [0.5, 0.6) is 0 Å². The average molecular weight is 378 g/mol. The molecule has 0 radical (unpaired) electrons. The number of carbonyl (C=O) groups is 3. The zero-order valence-corrected chi connectivity index (χ0v) is 16.5. The maximum atomic E-state index is 12.6. The minimum atomic E-state index is -0.976. The van der Waals surface area contributed by atoms with Crippen LogP contribution < -0.4 is 16.0 Å². The summed E-state index contributed by atoms with van der Waals surface area (Å²) in [5.74, 6) is 0.483. The Morgan fingerprint density at radius 1 is 1.19 bits per heavy atom. The molecule has 7 heteroatoms. The highest BCUT2D eigenvalue weighted by molar-refractivity contribution is 7.99. The van der Waals surface area contributed by atoms with Crippen LogP contribution in [0, 0.1) is 5.92 Å². The first-order chi connectivity index (χ1) is 12.2. The zero-order valence-electron chi connectivity index (χ0n) is 15.7. The molecule has 0 spiro atoms. The molecule has 26 heavy (non-hydrogen) atoms. The highest BCUT2D eigenvalue weighted by Gasteiger charge is 2.41. The second-order valence-corrected chi connectivity index (χ2v) is 8.39. The Hall–Kier alpha value is -2.02. The van der Waals surface area contributed by atoms with Gasteiger partial charge in [0, 0.05) is 16.7 Å². The van der Waals surface area contributed by atoms with Crippen LogP contribution in [-0.2, 0) is 4.79 Å². The van der Waals surface area contributed by atoms with E-state index in [9.17, 15) is 14.4 Å². The van der Waals surface area contributed by atoms with Crippen LogP contribution in [0.25, 0.3) is 0 Å². The first kappa shape index (κ1) is 20.3. The monoisotopic (exact) mass is 377 g/mol. The van der Waals surface area contributed by atoms with E-state index >= 15 is 0 Å². The largest absolute Gasteiger partial charge is 0.350 e. The summed E-state index contributed by atoms with van der Waals surface area (Å²) in [6.45, 7) is 8.02. The van der Waals surface area contributed by atoms with Crippen molar-refractivity contribution in [2.45, 2.75) is 57.0 Å². The minimum absolute atomic E-state index is 0.0976. The average Bonchev–Trinajstić information content (AvgIpc) is 2.83. The maximum absolute atomic E-state index is 12.6. The lowest BCUT2D eigenvalue weighted by atomic mass is 10.0. The summed E-state index contributed by atoms with van der Waals surface area (Å²) >= 11 is 1.39. The quantitative estimate of drug-likeness (QED) is 0.480. The highest BCUT2D eigenvalue weighted by atomic mass is 32.2. The van der Waals surface area contributed by atoms with Gasteiger partial charge < -0.3 is 10.6 Å². The topological polar surface area (TPSA) is 87.3 Å². The van der Waals surface area contributed by atoms with E-state index in [0.717, 1.165) is 17.7 Å². The van der Waals surface area contributed by atoms with E-state index < -0.39 is 11.6 Å². The number of amides is 4. The van der Waals surface area contributed by atoms with Crippen molar-refractivity contribution in [2.75, 3.05) is 5.75 Å². The smallest absolute Gasteiger partial charge is 0.322 e. The summed E-state index contributed by atoms with van der Waals surface area (Å²) in [6.07, 6.45) is 1.99. The summed E-state index contributed by atoms with van der Waals surface area (Å²) in [5.41, 5.74) is -0.391. The van der Waals surface area contributed by atoms with Crippen molar-refractivity contribution in [2.24, 2.45) is 5.92 Å². The Morgan fingerprint density at radius 2 is 1.88 bits per heavy atom. The molecule has 142 valence electrons. The highest BCUT2D eigenvalue weighted by Crippen LogP contribution is 2.27. The molecule has 0 saturated carbocycles.